The van der Waals surface area contributed by atoms with E-state index in [0.717, 1.165) is 11.9 Å². The lowest BCUT2D eigenvalue weighted by Gasteiger charge is -2.05. The van der Waals surface area contributed by atoms with E-state index in [-0.39, 0.29) is 5.56 Å². The number of carbonyl (C=O) groups is 1. The minimum absolute atomic E-state index is 0.294. The Kier molecular flexibility index (Phi) is 3.66. The molecule has 1 heterocycles. The van der Waals surface area contributed by atoms with Crippen molar-refractivity contribution in [3.63, 3.8) is 0 Å². The third-order valence-corrected chi connectivity index (χ3v) is 2.40. The van der Waals surface area contributed by atoms with Crippen LogP contribution in [-0.2, 0) is 6.42 Å². The molecule has 0 fully saturated rings. The molecule has 0 aliphatic rings. The second kappa shape index (κ2) is 5.39. The molecule has 0 unspecified atom stereocenters. The summed E-state index contributed by atoms with van der Waals surface area (Å²) in [6.07, 6.45) is 3.77. The Morgan fingerprint density at radius 3 is 2.94 bits per heavy atom. The first-order chi connectivity index (χ1) is 8.68. The molecule has 0 bridgehead atoms. The van der Waals surface area contributed by atoms with Crippen LogP contribution in [0.2, 0.25) is 0 Å². The molecule has 2 rings (SSSR count). The van der Waals surface area contributed by atoms with Crippen molar-refractivity contribution in [2.75, 3.05) is 6.54 Å². The predicted octanol–water partition coefficient (Wildman–Crippen LogP) is 1.66. The smallest absolute Gasteiger partial charge is 0.254 e. The molecule has 2 aromatic rings. The van der Waals surface area contributed by atoms with Gasteiger partial charge in [-0.25, -0.2) is 13.8 Å². The van der Waals surface area contributed by atoms with Crippen LogP contribution in [0.3, 0.4) is 0 Å². The lowest BCUT2D eigenvalue weighted by atomic mass is 10.2. The Bertz CT molecular complexity index is 540. The largest absolute Gasteiger partial charge is 0.351 e. The zero-order valence-electron chi connectivity index (χ0n) is 9.41. The van der Waals surface area contributed by atoms with E-state index in [1.165, 1.54) is 12.1 Å². The molecule has 0 aliphatic carbocycles. The quantitative estimate of drug-likeness (QED) is 0.868. The van der Waals surface area contributed by atoms with Crippen molar-refractivity contribution in [2.24, 2.45) is 0 Å². The average molecular weight is 251 g/mol. The molecule has 0 spiro atoms. The van der Waals surface area contributed by atoms with E-state index in [2.05, 4.69) is 15.3 Å². The van der Waals surface area contributed by atoms with Gasteiger partial charge in [-0.2, -0.15) is 0 Å². The van der Waals surface area contributed by atoms with Gasteiger partial charge in [-0.15, -0.1) is 0 Å². The van der Waals surface area contributed by atoms with Crippen LogP contribution in [0.4, 0.5) is 8.78 Å². The van der Waals surface area contributed by atoms with Crippen LogP contribution in [0.5, 0.6) is 0 Å². The van der Waals surface area contributed by atoms with Crippen LogP contribution in [-0.4, -0.2) is 22.4 Å². The van der Waals surface area contributed by atoms with Crippen LogP contribution >= 0.6 is 0 Å². The van der Waals surface area contributed by atoms with E-state index >= 15 is 0 Å². The number of imidazole rings is 1. The summed E-state index contributed by atoms with van der Waals surface area (Å²) >= 11 is 0. The van der Waals surface area contributed by atoms with Crippen molar-refractivity contribution in [3.8, 4) is 0 Å². The summed E-state index contributed by atoms with van der Waals surface area (Å²) in [7, 11) is 0. The minimum atomic E-state index is -1.13. The fourth-order valence-corrected chi connectivity index (χ4v) is 1.50. The highest BCUT2D eigenvalue weighted by Crippen LogP contribution is 2.10. The van der Waals surface area contributed by atoms with Gasteiger partial charge in [0.25, 0.3) is 5.91 Å². The number of halogens is 2. The van der Waals surface area contributed by atoms with Crippen LogP contribution < -0.4 is 5.32 Å². The molecule has 2 N–H and O–H groups in total. The number of aromatic amines is 1. The molecular weight excluding hydrogens is 240 g/mol. The molecule has 4 nitrogen and oxygen atoms in total. The summed E-state index contributed by atoms with van der Waals surface area (Å²) in [4.78, 5) is 18.4. The van der Waals surface area contributed by atoms with Gasteiger partial charge in [-0.1, -0.05) is 6.07 Å². The Morgan fingerprint density at radius 1 is 1.39 bits per heavy atom. The van der Waals surface area contributed by atoms with Crippen molar-refractivity contribution >= 4 is 5.91 Å². The first-order valence-corrected chi connectivity index (χ1v) is 5.39. The van der Waals surface area contributed by atoms with Gasteiger partial charge in [0.15, 0.2) is 11.6 Å². The van der Waals surface area contributed by atoms with Crippen LogP contribution in [0, 0.1) is 11.6 Å². The average Bonchev–Trinajstić information content (AvgIpc) is 2.85. The summed E-state index contributed by atoms with van der Waals surface area (Å²) in [6, 6.07) is 3.50. The number of hydrogen-bond acceptors (Lipinski definition) is 2. The first kappa shape index (κ1) is 12.2. The van der Waals surface area contributed by atoms with E-state index in [1.54, 1.807) is 12.4 Å². The molecule has 0 saturated heterocycles. The van der Waals surface area contributed by atoms with Gasteiger partial charge in [0.2, 0.25) is 0 Å². The fourth-order valence-electron chi connectivity index (χ4n) is 1.50. The second-order valence-corrected chi connectivity index (χ2v) is 3.64. The minimum Gasteiger partial charge on any atom is -0.351 e. The summed E-state index contributed by atoms with van der Waals surface area (Å²) in [5.74, 6) is -2.09. The molecule has 0 atom stereocenters. The lowest BCUT2D eigenvalue weighted by Crippen LogP contribution is -2.27. The molecule has 6 heteroatoms. The van der Waals surface area contributed by atoms with E-state index in [0.29, 0.717) is 13.0 Å². The van der Waals surface area contributed by atoms with Gasteiger partial charge in [0, 0.05) is 25.4 Å². The molecule has 1 aromatic heterocycles. The predicted molar refractivity (Wildman–Crippen MR) is 61.0 cm³/mol. The van der Waals surface area contributed by atoms with Crippen molar-refractivity contribution in [1.29, 1.82) is 0 Å². The third-order valence-electron chi connectivity index (χ3n) is 2.40. The molecule has 0 saturated carbocycles. The number of nitrogens with zero attached hydrogens (tertiary/aromatic N) is 1. The lowest BCUT2D eigenvalue weighted by molar-refractivity contribution is 0.0949. The Labute approximate surface area is 102 Å². The summed E-state index contributed by atoms with van der Waals surface area (Å²) in [5.41, 5.74) is -0.297. The van der Waals surface area contributed by atoms with Gasteiger partial charge in [-0.3, -0.25) is 4.79 Å². The highest BCUT2D eigenvalue weighted by atomic mass is 19.2. The van der Waals surface area contributed by atoms with Crippen molar-refractivity contribution < 1.29 is 13.6 Å². The zero-order valence-corrected chi connectivity index (χ0v) is 9.41. The maximum Gasteiger partial charge on any atom is 0.254 e. The maximum absolute atomic E-state index is 13.3. The first-order valence-electron chi connectivity index (χ1n) is 5.39. The van der Waals surface area contributed by atoms with Gasteiger partial charge in [0.05, 0.1) is 5.56 Å². The number of H-pyrrole nitrogens is 1. The fraction of sp³-hybridized carbons (Fsp3) is 0.167. The number of amides is 1. The van der Waals surface area contributed by atoms with E-state index in [4.69, 9.17) is 0 Å². The topological polar surface area (TPSA) is 57.8 Å². The van der Waals surface area contributed by atoms with Crippen molar-refractivity contribution in [1.82, 2.24) is 15.3 Å². The van der Waals surface area contributed by atoms with Crippen LogP contribution in [0.15, 0.2) is 30.6 Å². The molecule has 0 radical (unpaired) electrons. The van der Waals surface area contributed by atoms with Crippen molar-refractivity contribution in [2.45, 2.75) is 6.42 Å². The Hall–Kier alpha value is -2.24. The normalized spacial score (nSPS) is 10.3. The number of hydrogen-bond donors (Lipinski definition) is 2. The van der Waals surface area contributed by atoms with Crippen LogP contribution in [0.1, 0.15) is 16.2 Å². The number of nitrogens with one attached hydrogen (secondary N) is 2. The van der Waals surface area contributed by atoms with Gasteiger partial charge in [0.1, 0.15) is 5.82 Å². The summed E-state index contributed by atoms with van der Waals surface area (Å²) < 4.78 is 26.2. The maximum atomic E-state index is 13.3. The number of benzene rings is 1. The molecule has 18 heavy (non-hydrogen) atoms. The van der Waals surface area contributed by atoms with E-state index in [1.807, 2.05) is 0 Å². The highest BCUT2D eigenvalue weighted by Gasteiger charge is 2.14. The van der Waals surface area contributed by atoms with Crippen molar-refractivity contribution in [3.05, 3.63) is 53.6 Å². The van der Waals surface area contributed by atoms with Gasteiger partial charge < -0.3 is 10.3 Å². The second-order valence-electron chi connectivity index (χ2n) is 3.64. The zero-order chi connectivity index (χ0) is 13.0. The number of carbonyl (C=O) groups excluding carboxylic acids is 1. The number of rotatable bonds is 4. The number of aromatic nitrogens is 2. The molecule has 94 valence electrons. The Balaban J connectivity index is 1.93. The standard InChI is InChI=1S/C12H11F2N3O/c13-9-3-1-2-8(11(9)14)12(18)17-5-4-10-15-6-7-16-10/h1-3,6-7H,4-5H2,(H,15,16)(H,17,18). The summed E-state index contributed by atoms with van der Waals surface area (Å²) in [6.45, 7) is 0.294. The summed E-state index contributed by atoms with van der Waals surface area (Å²) in [5, 5.41) is 2.50. The van der Waals surface area contributed by atoms with E-state index in [9.17, 15) is 13.6 Å². The van der Waals surface area contributed by atoms with Gasteiger partial charge >= 0.3 is 0 Å². The van der Waals surface area contributed by atoms with Gasteiger partial charge in [-0.05, 0) is 12.1 Å². The highest BCUT2D eigenvalue weighted by molar-refractivity contribution is 5.94. The SMILES string of the molecule is O=C(NCCc1ncc[nH]1)c1cccc(F)c1F. The third kappa shape index (κ3) is 2.71. The molecular formula is C12H11F2N3O. The monoisotopic (exact) mass is 251 g/mol. The molecule has 1 amide bonds. The molecule has 1 aromatic carbocycles. The Morgan fingerprint density at radius 2 is 2.22 bits per heavy atom. The van der Waals surface area contributed by atoms with Crippen LogP contribution in [0.25, 0.3) is 0 Å². The molecule has 0 aliphatic heterocycles. The van der Waals surface area contributed by atoms with E-state index < -0.39 is 17.5 Å².